The first-order valence-electron chi connectivity index (χ1n) is 8.35. The highest BCUT2D eigenvalue weighted by Crippen LogP contribution is 2.21. The monoisotopic (exact) mass is 407 g/mol. The normalized spacial score (nSPS) is 14.7. The minimum Gasteiger partial charge on any atom is -0.267 e. The molecule has 0 atom stereocenters. The Labute approximate surface area is 162 Å². The summed E-state index contributed by atoms with van der Waals surface area (Å²) in [5.41, 5.74) is 5.00. The summed E-state index contributed by atoms with van der Waals surface area (Å²) in [5, 5.41) is 0.265. The van der Waals surface area contributed by atoms with Crippen LogP contribution in [0.5, 0.6) is 0 Å². The second-order valence-corrected chi connectivity index (χ2v) is 8.37. The summed E-state index contributed by atoms with van der Waals surface area (Å²) in [5.74, 6) is -1.12. The smallest absolute Gasteiger partial charge is 0.267 e. The van der Waals surface area contributed by atoms with E-state index >= 15 is 0 Å². The quantitative estimate of drug-likeness (QED) is 0.759. The van der Waals surface area contributed by atoms with E-state index in [0.29, 0.717) is 13.1 Å². The van der Waals surface area contributed by atoms with Crippen molar-refractivity contribution in [1.82, 2.24) is 15.2 Å². The maximum Gasteiger partial charge on any atom is 0.271 e. The van der Waals surface area contributed by atoms with Crippen LogP contribution in [0, 0.1) is 0 Å². The van der Waals surface area contributed by atoms with Crippen LogP contribution in [0.25, 0.3) is 0 Å². The van der Waals surface area contributed by atoms with Crippen molar-refractivity contribution in [2.24, 2.45) is 0 Å². The molecule has 0 bridgehead atoms. The number of halogens is 1. The van der Waals surface area contributed by atoms with Gasteiger partial charge in [0.05, 0.1) is 15.5 Å². The first-order chi connectivity index (χ1) is 12.9. The lowest BCUT2D eigenvalue weighted by atomic mass is 10.2. The first kappa shape index (κ1) is 19.3. The molecule has 9 heteroatoms. The largest absolute Gasteiger partial charge is 0.271 e. The minimum atomic E-state index is -3.53. The molecule has 27 heavy (non-hydrogen) atoms. The molecule has 0 aromatic heterocycles. The highest BCUT2D eigenvalue weighted by Gasteiger charge is 2.27. The van der Waals surface area contributed by atoms with Gasteiger partial charge in [0.25, 0.3) is 11.8 Å². The van der Waals surface area contributed by atoms with Crippen LogP contribution in [0.1, 0.15) is 33.6 Å². The van der Waals surface area contributed by atoms with Crippen LogP contribution in [-0.2, 0) is 10.0 Å². The van der Waals surface area contributed by atoms with Crippen LogP contribution in [0.2, 0.25) is 5.02 Å². The lowest BCUT2D eigenvalue weighted by Crippen LogP contribution is -2.41. The molecule has 1 aliphatic rings. The van der Waals surface area contributed by atoms with Gasteiger partial charge in [-0.3, -0.25) is 20.4 Å². The zero-order valence-electron chi connectivity index (χ0n) is 14.3. The molecule has 0 saturated carbocycles. The summed E-state index contributed by atoms with van der Waals surface area (Å²) in [4.78, 5) is 24.3. The van der Waals surface area contributed by atoms with Gasteiger partial charge in [0, 0.05) is 18.7 Å². The topological polar surface area (TPSA) is 95.6 Å². The van der Waals surface area contributed by atoms with Crippen molar-refractivity contribution < 1.29 is 18.0 Å². The Kier molecular flexibility index (Phi) is 5.79. The van der Waals surface area contributed by atoms with Gasteiger partial charge in [0.15, 0.2) is 0 Å². The molecule has 2 N–H and O–H groups in total. The fourth-order valence-corrected chi connectivity index (χ4v) is 4.49. The highest BCUT2D eigenvalue weighted by atomic mass is 35.5. The van der Waals surface area contributed by atoms with Crippen molar-refractivity contribution in [1.29, 1.82) is 0 Å². The van der Waals surface area contributed by atoms with Crippen LogP contribution in [0.3, 0.4) is 0 Å². The molecule has 3 rings (SSSR count). The Morgan fingerprint density at radius 1 is 0.889 bits per heavy atom. The fraction of sp³-hybridized carbons (Fsp3) is 0.222. The number of nitrogens with zero attached hydrogens (tertiary/aromatic N) is 1. The Balaban J connectivity index is 1.64. The van der Waals surface area contributed by atoms with E-state index in [1.165, 1.54) is 34.6 Å². The van der Waals surface area contributed by atoms with E-state index < -0.39 is 21.8 Å². The van der Waals surface area contributed by atoms with Crippen molar-refractivity contribution in [2.45, 2.75) is 17.7 Å². The summed E-state index contributed by atoms with van der Waals surface area (Å²) >= 11 is 5.93. The number of hydrogen-bond donors (Lipinski definition) is 2. The molecule has 1 fully saturated rings. The molecular formula is C18H18ClN3O4S. The number of rotatable bonds is 4. The van der Waals surface area contributed by atoms with Gasteiger partial charge in [-0.15, -0.1) is 0 Å². The van der Waals surface area contributed by atoms with Crippen molar-refractivity contribution >= 4 is 33.4 Å². The van der Waals surface area contributed by atoms with Gasteiger partial charge in [-0.2, -0.15) is 4.31 Å². The molecule has 0 radical (unpaired) electrons. The number of sulfonamides is 1. The van der Waals surface area contributed by atoms with E-state index in [4.69, 9.17) is 11.6 Å². The maximum absolute atomic E-state index is 12.5. The zero-order chi connectivity index (χ0) is 19.4. The highest BCUT2D eigenvalue weighted by molar-refractivity contribution is 7.89. The van der Waals surface area contributed by atoms with Crippen molar-refractivity contribution in [2.75, 3.05) is 13.1 Å². The standard InChI is InChI=1S/C18H18ClN3O4S/c19-16-6-2-1-5-15(16)18(24)21-20-17(23)13-7-9-14(10-8-13)27(25,26)22-11-3-4-12-22/h1-2,5-10H,3-4,11-12H2,(H,20,23)(H,21,24). The number of amides is 2. The van der Waals surface area contributed by atoms with Crippen molar-refractivity contribution in [3.63, 3.8) is 0 Å². The Hall–Kier alpha value is -2.42. The molecule has 1 saturated heterocycles. The summed E-state index contributed by atoms with van der Waals surface area (Å²) in [7, 11) is -3.53. The number of hydrazine groups is 1. The second kappa shape index (κ2) is 8.08. The lowest BCUT2D eigenvalue weighted by Gasteiger charge is -2.15. The average molecular weight is 408 g/mol. The van der Waals surface area contributed by atoms with Gasteiger partial charge < -0.3 is 0 Å². The van der Waals surface area contributed by atoms with Gasteiger partial charge in [-0.05, 0) is 49.2 Å². The van der Waals surface area contributed by atoms with Crippen LogP contribution in [0.15, 0.2) is 53.4 Å². The zero-order valence-corrected chi connectivity index (χ0v) is 15.9. The Bertz CT molecular complexity index is 955. The molecular weight excluding hydrogens is 390 g/mol. The predicted octanol–water partition coefficient (Wildman–Crippen LogP) is 2.20. The summed E-state index contributed by atoms with van der Waals surface area (Å²) in [6.45, 7) is 1.03. The van der Waals surface area contributed by atoms with Gasteiger partial charge in [0.2, 0.25) is 10.0 Å². The molecule has 2 aromatic carbocycles. The molecule has 2 aromatic rings. The molecule has 1 aliphatic heterocycles. The van der Waals surface area contributed by atoms with Crippen molar-refractivity contribution in [3.05, 3.63) is 64.7 Å². The first-order valence-corrected chi connectivity index (χ1v) is 10.2. The number of carbonyl (C=O) groups is 2. The van der Waals surface area contributed by atoms with Gasteiger partial charge in [0.1, 0.15) is 0 Å². The molecule has 0 aliphatic carbocycles. The van der Waals surface area contributed by atoms with Gasteiger partial charge in [-0.25, -0.2) is 8.42 Å². The van der Waals surface area contributed by atoms with E-state index in [2.05, 4.69) is 10.9 Å². The predicted molar refractivity (Wildman–Crippen MR) is 101 cm³/mol. The van der Waals surface area contributed by atoms with E-state index in [1.807, 2.05) is 0 Å². The maximum atomic E-state index is 12.5. The number of carbonyl (C=O) groups excluding carboxylic acids is 2. The van der Waals surface area contributed by atoms with Crippen molar-refractivity contribution in [3.8, 4) is 0 Å². The molecule has 0 unspecified atom stereocenters. The molecule has 2 amide bonds. The summed E-state index contributed by atoms with van der Waals surface area (Å²) < 4.78 is 26.4. The molecule has 142 valence electrons. The number of benzene rings is 2. The molecule has 7 nitrogen and oxygen atoms in total. The lowest BCUT2D eigenvalue weighted by molar-refractivity contribution is 0.0846. The Morgan fingerprint density at radius 2 is 1.48 bits per heavy atom. The van der Waals surface area contributed by atoms with Gasteiger partial charge >= 0.3 is 0 Å². The van der Waals surface area contributed by atoms with E-state index in [0.717, 1.165) is 12.8 Å². The fourth-order valence-electron chi connectivity index (χ4n) is 2.75. The van der Waals surface area contributed by atoms with E-state index in [9.17, 15) is 18.0 Å². The average Bonchev–Trinajstić information content (AvgIpc) is 3.22. The van der Waals surface area contributed by atoms with Crippen LogP contribution >= 0.6 is 11.6 Å². The van der Waals surface area contributed by atoms with Gasteiger partial charge in [-0.1, -0.05) is 23.7 Å². The van der Waals surface area contributed by atoms with Crippen LogP contribution in [0.4, 0.5) is 0 Å². The SMILES string of the molecule is O=C(NNC(=O)c1ccccc1Cl)c1ccc(S(=O)(=O)N2CCCC2)cc1. The molecule has 1 heterocycles. The third-order valence-electron chi connectivity index (χ3n) is 4.23. The Morgan fingerprint density at radius 3 is 2.11 bits per heavy atom. The second-order valence-electron chi connectivity index (χ2n) is 6.02. The van der Waals surface area contributed by atoms with Crippen LogP contribution in [-0.4, -0.2) is 37.6 Å². The third kappa shape index (κ3) is 4.29. The summed E-state index contributed by atoms with van der Waals surface area (Å²) in [6.07, 6.45) is 1.70. The molecule has 0 spiro atoms. The summed E-state index contributed by atoms with van der Waals surface area (Å²) in [6, 6.07) is 12.0. The van der Waals surface area contributed by atoms with E-state index in [1.54, 1.807) is 18.2 Å². The van der Waals surface area contributed by atoms with Crippen LogP contribution < -0.4 is 10.9 Å². The number of hydrogen-bond acceptors (Lipinski definition) is 4. The third-order valence-corrected chi connectivity index (χ3v) is 6.47. The number of nitrogens with one attached hydrogen (secondary N) is 2. The minimum absolute atomic E-state index is 0.140. The van der Waals surface area contributed by atoms with E-state index in [-0.39, 0.29) is 21.0 Å².